The fourth-order valence-corrected chi connectivity index (χ4v) is 1.04. The van der Waals surface area contributed by atoms with E-state index >= 15 is 0 Å². The summed E-state index contributed by atoms with van der Waals surface area (Å²) in [5.41, 5.74) is -0.0404. The maximum atomic E-state index is 10.5. The van der Waals surface area contributed by atoms with Crippen LogP contribution < -0.4 is 4.74 Å². The number of carbonyl (C=O) groups is 1. The Kier molecular flexibility index (Phi) is 2.50. The Hall–Kier alpha value is -2.44. The molecule has 82 valence electrons. The van der Waals surface area contributed by atoms with Crippen molar-refractivity contribution in [3.05, 3.63) is 30.4 Å². The van der Waals surface area contributed by atoms with E-state index in [2.05, 4.69) is 15.1 Å². The Morgan fingerprint density at radius 3 is 2.75 bits per heavy atom. The third kappa shape index (κ3) is 2.14. The van der Waals surface area contributed by atoms with Gasteiger partial charge in [-0.1, -0.05) is 0 Å². The normalized spacial score (nSPS) is 10.1. The number of pyridine rings is 1. The lowest BCUT2D eigenvalue weighted by Crippen LogP contribution is -1.99. The van der Waals surface area contributed by atoms with E-state index in [0.717, 1.165) is 0 Å². The first-order valence-corrected chi connectivity index (χ1v) is 4.38. The molecule has 0 unspecified atom stereocenters. The number of nitrogens with zero attached hydrogens (tertiary/aromatic N) is 4. The van der Waals surface area contributed by atoms with Crippen LogP contribution in [0.2, 0.25) is 0 Å². The van der Waals surface area contributed by atoms with Crippen molar-refractivity contribution >= 4 is 5.97 Å². The molecule has 0 fully saturated rings. The molecular formula is C9H8N4O3. The second kappa shape index (κ2) is 3.97. The van der Waals surface area contributed by atoms with Gasteiger partial charge in [-0.3, -0.25) is 4.68 Å². The molecule has 2 aromatic rings. The number of hydrogen-bond acceptors (Lipinski definition) is 5. The Balaban J connectivity index is 2.14. The first-order valence-electron chi connectivity index (χ1n) is 4.38. The zero-order valence-electron chi connectivity index (χ0n) is 8.36. The fourth-order valence-electron chi connectivity index (χ4n) is 1.04. The second-order valence-corrected chi connectivity index (χ2v) is 2.99. The van der Waals surface area contributed by atoms with E-state index in [1.165, 1.54) is 29.3 Å². The van der Waals surface area contributed by atoms with Crippen molar-refractivity contribution in [2.45, 2.75) is 0 Å². The number of aromatic carboxylic acids is 1. The average molecular weight is 220 g/mol. The summed E-state index contributed by atoms with van der Waals surface area (Å²) in [6.07, 6.45) is 2.80. The van der Waals surface area contributed by atoms with E-state index in [1.807, 2.05) is 0 Å². The molecule has 0 aliphatic heterocycles. The molecule has 7 heteroatoms. The third-order valence-corrected chi connectivity index (χ3v) is 1.74. The van der Waals surface area contributed by atoms with Gasteiger partial charge in [-0.2, -0.15) is 4.98 Å². The molecule has 0 atom stereocenters. The largest absolute Gasteiger partial charge is 0.477 e. The molecule has 0 radical (unpaired) electrons. The van der Waals surface area contributed by atoms with Gasteiger partial charge in [0, 0.05) is 7.05 Å². The van der Waals surface area contributed by atoms with Crippen LogP contribution in [0.15, 0.2) is 24.7 Å². The number of hydrogen-bond donors (Lipinski definition) is 1. The molecule has 0 saturated carbocycles. The molecular weight excluding hydrogens is 212 g/mol. The number of carboxylic acids is 1. The molecule has 7 nitrogen and oxygen atoms in total. The molecule has 0 aliphatic carbocycles. The highest BCUT2D eigenvalue weighted by Crippen LogP contribution is 2.15. The van der Waals surface area contributed by atoms with Crippen LogP contribution in [0.25, 0.3) is 0 Å². The SMILES string of the molecule is Cn1cnc(Oc2ccc(C(=O)O)nc2)n1. The molecule has 1 N–H and O–H groups in total. The van der Waals surface area contributed by atoms with Gasteiger partial charge in [0.25, 0.3) is 0 Å². The minimum atomic E-state index is -1.08. The molecule has 2 aromatic heterocycles. The predicted octanol–water partition coefficient (Wildman–Crippen LogP) is 0.701. The fraction of sp³-hybridized carbons (Fsp3) is 0.111. The van der Waals surface area contributed by atoms with Gasteiger partial charge in [-0.05, 0) is 12.1 Å². The zero-order valence-corrected chi connectivity index (χ0v) is 8.36. The monoisotopic (exact) mass is 220 g/mol. The number of ether oxygens (including phenoxy) is 1. The topological polar surface area (TPSA) is 90.1 Å². The van der Waals surface area contributed by atoms with E-state index in [0.29, 0.717) is 5.75 Å². The van der Waals surface area contributed by atoms with Gasteiger partial charge >= 0.3 is 12.0 Å². The summed E-state index contributed by atoms with van der Waals surface area (Å²) < 4.78 is 6.73. The highest BCUT2D eigenvalue weighted by Gasteiger charge is 2.06. The van der Waals surface area contributed by atoms with Crippen molar-refractivity contribution in [3.8, 4) is 11.8 Å². The average Bonchev–Trinajstić information content (AvgIpc) is 2.65. The Bertz CT molecular complexity index is 506. The maximum Gasteiger partial charge on any atom is 0.354 e. The first-order chi connectivity index (χ1) is 7.65. The lowest BCUT2D eigenvalue weighted by Gasteiger charge is -1.99. The highest BCUT2D eigenvalue weighted by atomic mass is 16.5. The maximum absolute atomic E-state index is 10.5. The molecule has 16 heavy (non-hydrogen) atoms. The van der Waals surface area contributed by atoms with Crippen molar-refractivity contribution < 1.29 is 14.6 Å². The Labute approximate surface area is 90.3 Å². The van der Waals surface area contributed by atoms with E-state index < -0.39 is 5.97 Å². The van der Waals surface area contributed by atoms with Gasteiger partial charge in [-0.15, -0.1) is 5.10 Å². The molecule has 0 spiro atoms. The Morgan fingerprint density at radius 1 is 1.44 bits per heavy atom. The van der Waals surface area contributed by atoms with Gasteiger partial charge in [0.15, 0.2) is 0 Å². The Morgan fingerprint density at radius 2 is 2.25 bits per heavy atom. The zero-order chi connectivity index (χ0) is 11.5. The summed E-state index contributed by atoms with van der Waals surface area (Å²) in [5, 5.41) is 12.5. The molecule has 2 heterocycles. The summed E-state index contributed by atoms with van der Waals surface area (Å²) in [6, 6.07) is 3.03. The summed E-state index contributed by atoms with van der Waals surface area (Å²) in [6.45, 7) is 0. The number of aryl methyl sites for hydroxylation is 1. The number of rotatable bonds is 3. The van der Waals surface area contributed by atoms with Gasteiger partial charge in [0.05, 0.1) is 6.20 Å². The predicted molar refractivity (Wildman–Crippen MR) is 52.3 cm³/mol. The van der Waals surface area contributed by atoms with Crippen molar-refractivity contribution in [2.75, 3.05) is 0 Å². The van der Waals surface area contributed by atoms with Crippen LogP contribution in [0, 0.1) is 0 Å². The van der Waals surface area contributed by atoms with Crippen molar-refractivity contribution in [1.29, 1.82) is 0 Å². The first kappa shape index (κ1) is 10.1. The number of aromatic nitrogens is 4. The lowest BCUT2D eigenvalue weighted by molar-refractivity contribution is 0.0690. The highest BCUT2D eigenvalue weighted by molar-refractivity contribution is 5.85. The standard InChI is InChI=1S/C9H8N4O3/c1-13-5-11-9(12-13)16-6-2-3-7(8(14)15)10-4-6/h2-5H,1H3,(H,14,15). The summed E-state index contributed by atoms with van der Waals surface area (Å²) in [5.74, 6) is -0.696. The van der Waals surface area contributed by atoms with Crippen molar-refractivity contribution in [2.24, 2.45) is 7.05 Å². The van der Waals surface area contributed by atoms with Crippen LogP contribution in [0.5, 0.6) is 11.8 Å². The van der Waals surface area contributed by atoms with Gasteiger partial charge in [-0.25, -0.2) is 9.78 Å². The van der Waals surface area contributed by atoms with E-state index in [1.54, 1.807) is 7.05 Å². The summed E-state index contributed by atoms with van der Waals surface area (Å²) in [4.78, 5) is 18.1. The van der Waals surface area contributed by atoms with E-state index in [-0.39, 0.29) is 11.7 Å². The van der Waals surface area contributed by atoms with Crippen LogP contribution in [-0.4, -0.2) is 30.8 Å². The second-order valence-electron chi connectivity index (χ2n) is 2.99. The number of carboxylic acid groups (broad SMARTS) is 1. The lowest BCUT2D eigenvalue weighted by atomic mass is 10.3. The van der Waals surface area contributed by atoms with Gasteiger partial charge in [0.1, 0.15) is 17.8 Å². The molecule has 0 saturated heterocycles. The van der Waals surface area contributed by atoms with Gasteiger partial charge < -0.3 is 9.84 Å². The minimum Gasteiger partial charge on any atom is -0.477 e. The quantitative estimate of drug-likeness (QED) is 0.818. The van der Waals surface area contributed by atoms with Crippen LogP contribution in [0.1, 0.15) is 10.5 Å². The van der Waals surface area contributed by atoms with Crippen LogP contribution in [0.3, 0.4) is 0 Å². The van der Waals surface area contributed by atoms with Crippen molar-refractivity contribution in [3.63, 3.8) is 0 Å². The third-order valence-electron chi connectivity index (χ3n) is 1.74. The molecule has 0 aromatic carbocycles. The van der Waals surface area contributed by atoms with Crippen LogP contribution in [-0.2, 0) is 7.05 Å². The van der Waals surface area contributed by atoms with E-state index in [9.17, 15) is 4.79 Å². The van der Waals surface area contributed by atoms with Crippen molar-refractivity contribution in [1.82, 2.24) is 19.7 Å². The van der Waals surface area contributed by atoms with Crippen LogP contribution >= 0.6 is 0 Å². The smallest absolute Gasteiger partial charge is 0.354 e. The summed E-state index contributed by atoms with van der Waals surface area (Å²) in [7, 11) is 1.71. The molecule has 0 bridgehead atoms. The van der Waals surface area contributed by atoms with E-state index in [4.69, 9.17) is 9.84 Å². The van der Waals surface area contributed by atoms with Gasteiger partial charge in [0.2, 0.25) is 0 Å². The minimum absolute atomic E-state index is 0.0404. The molecule has 2 rings (SSSR count). The molecule has 0 aliphatic rings. The molecule has 0 amide bonds. The van der Waals surface area contributed by atoms with Crippen LogP contribution in [0.4, 0.5) is 0 Å². The summed E-state index contributed by atoms with van der Waals surface area (Å²) >= 11 is 0.